The van der Waals surface area contributed by atoms with Crippen molar-refractivity contribution >= 4 is 11.7 Å². The fraction of sp³-hybridized carbons (Fsp3) is 0.250. The summed E-state index contributed by atoms with van der Waals surface area (Å²) in [6.07, 6.45) is 5.39. The van der Waals surface area contributed by atoms with Gasteiger partial charge in [0.2, 0.25) is 0 Å². The third-order valence-corrected chi connectivity index (χ3v) is 2.28. The number of nitro benzene ring substituents is 1. The molecule has 0 aliphatic rings. The van der Waals surface area contributed by atoms with E-state index in [1.807, 2.05) is 0 Å². The molecule has 0 amide bonds. The molecule has 6 heteroatoms. The Morgan fingerprint density at radius 1 is 1.61 bits per heavy atom. The number of benzene rings is 1. The molecule has 0 saturated carbocycles. The maximum atomic E-state index is 10.9. The number of nitro groups is 1. The number of ether oxygens (including phenoxy) is 1. The Labute approximate surface area is 103 Å². The fourth-order valence-electron chi connectivity index (χ4n) is 1.36. The van der Waals surface area contributed by atoms with E-state index in [1.54, 1.807) is 0 Å². The third kappa shape index (κ3) is 2.98. The van der Waals surface area contributed by atoms with E-state index in [4.69, 9.17) is 16.3 Å². The van der Waals surface area contributed by atoms with E-state index in [2.05, 4.69) is 5.92 Å². The molecular weight excluding hydrogens is 238 g/mol. The number of hydrogen-bond acceptors (Lipinski definition) is 4. The lowest BCUT2D eigenvalue weighted by atomic mass is 10.1. The standard InChI is InChI=1S/C12H11NO5/c1-3-4-5-18-11-7-9(12(14)15)6-10(8(11)2)13(16)17/h1,6-7H,4-5H2,2H3,(H,14,15). The Kier molecular flexibility index (Phi) is 4.27. The summed E-state index contributed by atoms with van der Waals surface area (Å²) in [7, 11) is 0. The summed E-state index contributed by atoms with van der Waals surface area (Å²) in [6, 6.07) is 2.26. The van der Waals surface area contributed by atoms with Gasteiger partial charge in [-0.15, -0.1) is 12.3 Å². The lowest BCUT2D eigenvalue weighted by Gasteiger charge is -2.09. The average molecular weight is 249 g/mol. The molecule has 1 aromatic carbocycles. The largest absolute Gasteiger partial charge is 0.492 e. The maximum absolute atomic E-state index is 10.9. The quantitative estimate of drug-likeness (QED) is 0.373. The first-order valence-corrected chi connectivity index (χ1v) is 5.06. The Bertz CT molecular complexity index is 530. The molecule has 0 atom stereocenters. The number of nitrogens with zero attached hydrogens (tertiary/aromatic N) is 1. The van der Waals surface area contributed by atoms with E-state index in [9.17, 15) is 14.9 Å². The van der Waals surface area contributed by atoms with Gasteiger partial charge in [0.15, 0.2) is 0 Å². The van der Waals surface area contributed by atoms with Crippen molar-refractivity contribution < 1.29 is 19.6 Å². The molecule has 1 rings (SSSR count). The molecule has 0 spiro atoms. The van der Waals surface area contributed by atoms with Gasteiger partial charge in [-0.05, 0) is 13.0 Å². The van der Waals surface area contributed by atoms with Gasteiger partial charge >= 0.3 is 5.97 Å². The van der Waals surface area contributed by atoms with E-state index in [-0.39, 0.29) is 29.2 Å². The molecule has 0 fully saturated rings. The number of hydrogen-bond donors (Lipinski definition) is 1. The SMILES string of the molecule is C#CCCOc1cc(C(=O)O)cc([N+](=O)[O-])c1C. The molecule has 0 aliphatic heterocycles. The zero-order chi connectivity index (χ0) is 13.7. The van der Waals surface area contributed by atoms with Crippen molar-refractivity contribution in [3.63, 3.8) is 0 Å². The van der Waals surface area contributed by atoms with Crippen LogP contribution in [0.5, 0.6) is 5.75 Å². The van der Waals surface area contributed by atoms with Crippen molar-refractivity contribution in [2.75, 3.05) is 6.61 Å². The third-order valence-electron chi connectivity index (χ3n) is 2.28. The minimum atomic E-state index is -1.25. The van der Waals surface area contributed by atoms with Crippen LogP contribution in [0.1, 0.15) is 22.3 Å². The minimum absolute atomic E-state index is 0.164. The lowest BCUT2D eigenvalue weighted by Crippen LogP contribution is -2.04. The summed E-state index contributed by atoms with van der Waals surface area (Å²) in [4.78, 5) is 21.0. The fourth-order valence-corrected chi connectivity index (χ4v) is 1.36. The molecule has 1 aromatic rings. The van der Waals surface area contributed by atoms with Gasteiger partial charge in [-0.1, -0.05) is 0 Å². The summed E-state index contributed by atoms with van der Waals surface area (Å²) in [5, 5.41) is 19.7. The van der Waals surface area contributed by atoms with Gasteiger partial charge in [0.1, 0.15) is 5.75 Å². The van der Waals surface area contributed by atoms with Crippen molar-refractivity contribution in [3.8, 4) is 18.1 Å². The highest BCUT2D eigenvalue weighted by molar-refractivity contribution is 5.89. The Morgan fingerprint density at radius 3 is 2.78 bits per heavy atom. The Morgan fingerprint density at radius 2 is 2.28 bits per heavy atom. The second-order valence-corrected chi connectivity index (χ2v) is 3.48. The first kappa shape index (κ1) is 13.5. The molecular formula is C12H11NO5. The molecule has 0 bridgehead atoms. The van der Waals surface area contributed by atoms with Gasteiger partial charge in [-0.25, -0.2) is 4.79 Å². The van der Waals surface area contributed by atoms with Crippen molar-refractivity contribution in [3.05, 3.63) is 33.4 Å². The second kappa shape index (κ2) is 5.68. The molecule has 18 heavy (non-hydrogen) atoms. The summed E-state index contributed by atoms with van der Waals surface area (Å²) >= 11 is 0. The highest BCUT2D eigenvalue weighted by atomic mass is 16.6. The molecule has 0 aromatic heterocycles. The maximum Gasteiger partial charge on any atom is 0.336 e. The molecule has 1 N–H and O–H groups in total. The second-order valence-electron chi connectivity index (χ2n) is 3.48. The van der Waals surface area contributed by atoms with E-state index >= 15 is 0 Å². The van der Waals surface area contributed by atoms with E-state index in [0.717, 1.165) is 6.07 Å². The van der Waals surface area contributed by atoms with Gasteiger partial charge in [-0.2, -0.15) is 0 Å². The predicted molar refractivity (Wildman–Crippen MR) is 63.7 cm³/mol. The lowest BCUT2D eigenvalue weighted by molar-refractivity contribution is -0.385. The smallest absolute Gasteiger partial charge is 0.336 e. The summed E-state index contributed by atoms with van der Waals surface area (Å²) < 4.78 is 5.25. The number of carboxylic acids is 1. The zero-order valence-electron chi connectivity index (χ0n) is 9.67. The highest BCUT2D eigenvalue weighted by Gasteiger charge is 2.19. The Hall–Kier alpha value is -2.55. The first-order valence-electron chi connectivity index (χ1n) is 5.06. The number of terminal acetylenes is 1. The minimum Gasteiger partial charge on any atom is -0.492 e. The molecule has 0 radical (unpaired) electrons. The molecule has 0 unspecified atom stereocenters. The van der Waals surface area contributed by atoms with Crippen LogP contribution in [0.25, 0.3) is 0 Å². The van der Waals surface area contributed by atoms with Crippen LogP contribution >= 0.6 is 0 Å². The van der Waals surface area contributed by atoms with E-state index in [0.29, 0.717) is 6.42 Å². The van der Waals surface area contributed by atoms with Gasteiger partial charge in [0.05, 0.1) is 22.7 Å². The van der Waals surface area contributed by atoms with Crippen LogP contribution in [0.15, 0.2) is 12.1 Å². The molecule has 0 saturated heterocycles. The average Bonchev–Trinajstić information content (AvgIpc) is 2.30. The van der Waals surface area contributed by atoms with Crippen LogP contribution in [-0.2, 0) is 0 Å². The molecule has 0 heterocycles. The van der Waals surface area contributed by atoms with Gasteiger partial charge < -0.3 is 9.84 Å². The van der Waals surface area contributed by atoms with Crippen molar-refractivity contribution in [2.24, 2.45) is 0 Å². The molecule has 0 aliphatic carbocycles. The van der Waals surface area contributed by atoms with Crippen LogP contribution in [0.3, 0.4) is 0 Å². The van der Waals surface area contributed by atoms with Crippen molar-refractivity contribution in [1.82, 2.24) is 0 Å². The van der Waals surface area contributed by atoms with Crippen molar-refractivity contribution in [1.29, 1.82) is 0 Å². The number of aromatic carboxylic acids is 1. The van der Waals surface area contributed by atoms with Gasteiger partial charge in [0.25, 0.3) is 5.69 Å². The number of carbonyl (C=O) groups is 1. The van der Waals surface area contributed by atoms with Gasteiger partial charge in [-0.3, -0.25) is 10.1 Å². The van der Waals surface area contributed by atoms with E-state index in [1.165, 1.54) is 13.0 Å². The van der Waals surface area contributed by atoms with Crippen LogP contribution in [-0.4, -0.2) is 22.6 Å². The van der Waals surface area contributed by atoms with Crippen LogP contribution in [0, 0.1) is 29.4 Å². The first-order chi connectivity index (χ1) is 8.47. The normalized spacial score (nSPS) is 9.56. The number of rotatable bonds is 5. The summed E-state index contributed by atoms with van der Waals surface area (Å²) in [5.74, 6) is 1.27. The highest BCUT2D eigenvalue weighted by Crippen LogP contribution is 2.29. The van der Waals surface area contributed by atoms with E-state index < -0.39 is 10.9 Å². The molecule has 6 nitrogen and oxygen atoms in total. The van der Waals surface area contributed by atoms with Crippen LogP contribution in [0.4, 0.5) is 5.69 Å². The van der Waals surface area contributed by atoms with Crippen molar-refractivity contribution in [2.45, 2.75) is 13.3 Å². The Balaban J connectivity index is 3.19. The monoisotopic (exact) mass is 249 g/mol. The molecule has 94 valence electrons. The van der Waals surface area contributed by atoms with Crippen LogP contribution in [0.2, 0.25) is 0 Å². The topological polar surface area (TPSA) is 89.7 Å². The zero-order valence-corrected chi connectivity index (χ0v) is 9.67. The summed E-state index contributed by atoms with van der Waals surface area (Å²) in [5.41, 5.74) is -0.198. The van der Waals surface area contributed by atoms with Crippen LogP contribution < -0.4 is 4.74 Å². The van der Waals surface area contributed by atoms with Gasteiger partial charge in [0, 0.05) is 12.5 Å². The summed E-state index contributed by atoms with van der Waals surface area (Å²) in [6.45, 7) is 1.67. The predicted octanol–water partition coefficient (Wildman–Crippen LogP) is 2.00. The number of carboxylic acid groups (broad SMARTS) is 1.